The van der Waals surface area contributed by atoms with E-state index in [2.05, 4.69) is 5.32 Å². The predicted molar refractivity (Wildman–Crippen MR) is 137 cm³/mol. The van der Waals surface area contributed by atoms with E-state index in [4.69, 9.17) is 12.2 Å². The Balaban J connectivity index is 1.73. The van der Waals surface area contributed by atoms with Crippen molar-refractivity contribution in [3.8, 4) is 0 Å². The van der Waals surface area contributed by atoms with Crippen LogP contribution in [-0.4, -0.2) is 37.3 Å². The van der Waals surface area contributed by atoms with Gasteiger partial charge >= 0.3 is 5.54 Å². The molecular formula is C25H20N4O5S2. The number of hydrogen-bond acceptors (Lipinski definition) is 6. The number of nitrogens with zero attached hydrogens (tertiary/aromatic N) is 3. The Morgan fingerprint density at radius 2 is 1.56 bits per heavy atom. The SMILES string of the molecule is Cc1ccc(S(=O)(=O)N2c3ccccc3[C@@]3([N+](=O)[O-])C(=S)N[C@]4(C(=O)N(C)c5ccccc54)[C@@H]23)cc1. The van der Waals surface area contributed by atoms with Crippen LogP contribution in [0.15, 0.2) is 77.7 Å². The second kappa shape index (κ2) is 7.11. The maximum Gasteiger partial charge on any atom is 0.322 e. The highest BCUT2D eigenvalue weighted by molar-refractivity contribution is 7.93. The number of nitro groups is 1. The number of amides is 1. The fourth-order valence-corrected chi connectivity index (χ4v) is 8.04. The van der Waals surface area contributed by atoms with Gasteiger partial charge in [-0.25, -0.2) is 8.42 Å². The zero-order valence-electron chi connectivity index (χ0n) is 19.2. The molecular weight excluding hydrogens is 500 g/mol. The molecule has 36 heavy (non-hydrogen) atoms. The molecule has 3 aliphatic rings. The molecule has 3 aliphatic heterocycles. The maximum absolute atomic E-state index is 14.3. The normalized spacial score (nSPS) is 26.1. The van der Waals surface area contributed by atoms with E-state index in [1.165, 1.54) is 29.2 Å². The number of sulfonamides is 1. The number of nitrogens with one attached hydrogen (secondary N) is 1. The molecule has 3 heterocycles. The second-order valence-electron chi connectivity index (χ2n) is 9.20. The van der Waals surface area contributed by atoms with Gasteiger partial charge < -0.3 is 10.2 Å². The highest BCUT2D eigenvalue weighted by Gasteiger charge is 2.81. The Kier molecular flexibility index (Phi) is 4.47. The zero-order chi connectivity index (χ0) is 25.6. The lowest BCUT2D eigenvalue weighted by atomic mass is 9.77. The van der Waals surface area contributed by atoms with E-state index in [9.17, 15) is 23.3 Å². The molecule has 1 fully saturated rings. The first kappa shape index (κ1) is 22.6. The van der Waals surface area contributed by atoms with Gasteiger partial charge in [-0.15, -0.1) is 0 Å². The molecule has 1 N–H and O–H groups in total. The fourth-order valence-electron chi connectivity index (χ4n) is 5.87. The van der Waals surface area contributed by atoms with Crippen LogP contribution < -0.4 is 14.5 Å². The van der Waals surface area contributed by atoms with Gasteiger partial charge in [-0.05, 0) is 37.3 Å². The van der Waals surface area contributed by atoms with E-state index in [-0.39, 0.29) is 21.1 Å². The van der Waals surface area contributed by atoms with E-state index in [1.807, 2.05) is 6.92 Å². The van der Waals surface area contributed by atoms with Crippen LogP contribution in [-0.2, 0) is 25.9 Å². The van der Waals surface area contributed by atoms with E-state index >= 15 is 0 Å². The summed E-state index contributed by atoms with van der Waals surface area (Å²) in [5.74, 6) is -0.517. The van der Waals surface area contributed by atoms with Gasteiger partial charge in [0.15, 0.2) is 16.6 Å². The van der Waals surface area contributed by atoms with Crippen LogP contribution in [0.3, 0.4) is 0 Å². The molecule has 0 radical (unpaired) electrons. The van der Waals surface area contributed by atoms with Crippen molar-refractivity contribution in [2.75, 3.05) is 16.3 Å². The van der Waals surface area contributed by atoms with E-state index in [0.29, 0.717) is 11.3 Å². The summed E-state index contributed by atoms with van der Waals surface area (Å²) in [6.45, 7) is 1.83. The molecule has 0 aromatic heterocycles. The maximum atomic E-state index is 14.3. The van der Waals surface area contributed by atoms with Gasteiger partial charge in [0, 0.05) is 23.2 Å². The van der Waals surface area contributed by atoms with Crippen molar-refractivity contribution in [2.24, 2.45) is 0 Å². The molecule has 0 unspecified atom stereocenters. The lowest BCUT2D eigenvalue weighted by Gasteiger charge is -2.36. The number of anilines is 2. The number of carbonyl (C=O) groups is 1. The van der Waals surface area contributed by atoms with Crippen LogP contribution in [0.25, 0.3) is 0 Å². The fraction of sp³-hybridized carbons (Fsp3) is 0.200. The predicted octanol–water partition coefficient (Wildman–Crippen LogP) is 2.85. The molecule has 3 atom stereocenters. The molecule has 9 nitrogen and oxygen atoms in total. The summed E-state index contributed by atoms with van der Waals surface area (Å²) in [5.41, 5.74) is -1.89. The van der Waals surface area contributed by atoms with Crippen molar-refractivity contribution in [1.82, 2.24) is 5.32 Å². The first-order valence-corrected chi connectivity index (χ1v) is 13.0. The quantitative estimate of drug-likeness (QED) is 0.321. The third-order valence-corrected chi connectivity index (χ3v) is 9.65. The summed E-state index contributed by atoms with van der Waals surface area (Å²) in [5, 5.41) is 16.0. The largest absolute Gasteiger partial charge is 0.354 e. The van der Waals surface area contributed by atoms with Crippen molar-refractivity contribution in [1.29, 1.82) is 0 Å². The van der Waals surface area contributed by atoms with Gasteiger partial charge in [-0.2, -0.15) is 0 Å². The van der Waals surface area contributed by atoms with Crippen molar-refractivity contribution >= 4 is 44.5 Å². The van der Waals surface area contributed by atoms with Gasteiger partial charge in [-0.3, -0.25) is 19.2 Å². The van der Waals surface area contributed by atoms with E-state index < -0.39 is 38.0 Å². The van der Waals surface area contributed by atoms with E-state index in [0.717, 1.165) is 9.87 Å². The summed E-state index contributed by atoms with van der Waals surface area (Å²) in [7, 11) is -2.80. The number of aryl methyl sites for hydroxylation is 1. The second-order valence-corrected chi connectivity index (χ2v) is 11.4. The Morgan fingerprint density at radius 1 is 0.972 bits per heavy atom. The molecule has 11 heteroatoms. The number of fused-ring (bicyclic) bond motifs is 6. The van der Waals surface area contributed by atoms with Gasteiger partial charge in [0.05, 0.1) is 16.1 Å². The number of likely N-dealkylation sites (N-methyl/N-ethyl adjacent to an activating group) is 1. The molecule has 0 bridgehead atoms. The number of rotatable bonds is 3. The van der Waals surface area contributed by atoms with E-state index in [1.54, 1.807) is 55.6 Å². The molecule has 0 saturated carbocycles. The monoisotopic (exact) mass is 520 g/mol. The third kappa shape index (κ3) is 2.41. The standard InChI is InChI=1S/C25H20N4O5S2/c1-15-11-13-16(14-12-15)36(33,34)28-20-10-6-4-8-18(20)25(29(31)32)21(28)24(26-22(25)35)17-7-3-5-9-19(17)27(2)23(24)30/h3-14,21H,1-2H3,(H,26,35)/t21-,24+,25+/m1/s1. The highest BCUT2D eigenvalue weighted by Crippen LogP contribution is 2.60. The Hall–Kier alpha value is -3.83. The van der Waals surface area contributed by atoms with Crippen molar-refractivity contribution in [2.45, 2.75) is 28.9 Å². The average molecular weight is 521 g/mol. The molecule has 6 rings (SSSR count). The van der Waals surface area contributed by atoms with Crippen molar-refractivity contribution < 1.29 is 18.1 Å². The number of para-hydroxylation sites is 2. The van der Waals surface area contributed by atoms with Crippen molar-refractivity contribution in [3.05, 3.63) is 99.6 Å². The first-order valence-electron chi connectivity index (χ1n) is 11.1. The Labute approximate surface area is 212 Å². The van der Waals surface area contributed by atoms with Crippen LogP contribution in [0.1, 0.15) is 16.7 Å². The molecule has 3 aromatic carbocycles. The summed E-state index contributed by atoms with van der Waals surface area (Å²) < 4.78 is 29.6. The van der Waals surface area contributed by atoms with Gasteiger partial charge in [0.1, 0.15) is 0 Å². The topological polar surface area (TPSA) is 113 Å². The first-order chi connectivity index (χ1) is 17.1. The van der Waals surface area contributed by atoms with Gasteiger partial charge in [0.25, 0.3) is 15.9 Å². The Bertz CT molecular complexity index is 1610. The zero-order valence-corrected chi connectivity index (χ0v) is 20.8. The summed E-state index contributed by atoms with van der Waals surface area (Å²) in [4.78, 5) is 27.6. The Morgan fingerprint density at radius 3 is 2.19 bits per heavy atom. The smallest absolute Gasteiger partial charge is 0.322 e. The summed E-state index contributed by atoms with van der Waals surface area (Å²) >= 11 is 5.62. The lowest BCUT2D eigenvalue weighted by molar-refractivity contribution is -0.555. The minimum atomic E-state index is -4.37. The number of hydrogen-bond donors (Lipinski definition) is 1. The van der Waals surface area contributed by atoms with Crippen LogP contribution in [0.5, 0.6) is 0 Å². The highest BCUT2D eigenvalue weighted by atomic mass is 32.2. The van der Waals surface area contributed by atoms with Crippen LogP contribution in [0, 0.1) is 17.0 Å². The molecule has 1 saturated heterocycles. The molecule has 182 valence electrons. The molecule has 1 amide bonds. The van der Waals surface area contributed by atoms with Gasteiger partial charge in [-0.1, -0.05) is 60.2 Å². The number of carbonyl (C=O) groups excluding carboxylic acids is 1. The number of thiocarbonyl (C=S) groups is 1. The molecule has 1 spiro atoms. The molecule has 0 aliphatic carbocycles. The molecule has 3 aromatic rings. The van der Waals surface area contributed by atoms with Crippen LogP contribution >= 0.6 is 12.2 Å². The lowest BCUT2D eigenvalue weighted by Crippen LogP contribution is -2.62. The third-order valence-electron chi connectivity index (χ3n) is 7.45. The number of benzene rings is 3. The van der Waals surface area contributed by atoms with Crippen LogP contribution in [0.4, 0.5) is 11.4 Å². The van der Waals surface area contributed by atoms with Crippen LogP contribution in [0.2, 0.25) is 0 Å². The average Bonchev–Trinajstić information content (AvgIpc) is 3.40. The minimum Gasteiger partial charge on any atom is -0.354 e. The van der Waals surface area contributed by atoms with Crippen molar-refractivity contribution in [3.63, 3.8) is 0 Å². The summed E-state index contributed by atoms with van der Waals surface area (Å²) in [6, 6.07) is 17.8. The summed E-state index contributed by atoms with van der Waals surface area (Å²) in [6.07, 6.45) is 0. The minimum absolute atomic E-state index is 0.0397. The van der Waals surface area contributed by atoms with Gasteiger partial charge in [0.2, 0.25) is 0 Å².